The van der Waals surface area contributed by atoms with Gasteiger partial charge in [-0.15, -0.1) is 5.10 Å². The predicted octanol–water partition coefficient (Wildman–Crippen LogP) is 2.28. The lowest BCUT2D eigenvalue weighted by molar-refractivity contribution is -0.119. The SMILES string of the molecule is CC1(C)C(=O)Nc2cc(Nc3nc4cccc(N)n4n3)ccc21. The van der Waals surface area contributed by atoms with Gasteiger partial charge < -0.3 is 16.4 Å². The molecule has 7 heteroatoms. The van der Waals surface area contributed by atoms with Crippen molar-refractivity contribution in [1.29, 1.82) is 0 Å². The van der Waals surface area contributed by atoms with Gasteiger partial charge in [0.15, 0.2) is 5.65 Å². The van der Waals surface area contributed by atoms with E-state index < -0.39 is 5.41 Å². The smallest absolute Gasteiger partial charge is 0.247 e. The van der Waals surface area contributed by atoms with Gasteiger partial charge in [0, 0.05) is 11.4 Å². The Morgan fingerprint density at radius 1 is 1.26 bits per heavy atom. The molecule has 0 aliphatic carbocycles. The van der Waals surface area contributed by atoms with E-state index in [2.05, 4.69) is 20.7 Å². The summed E-state index contributed by atoms with van der Waals surface area (Å²) < 4.78 is 1.57. The van der Waals surface area contributed by atoms with Crippen LogP contribution in [0.2, 0.25) is 0 Å². The minimum absolute atomic E-state index is 0.00304. The second-order valence-corrected chi connectivity index (χ2v) is 6.12. The summed E-state index contributed by atoms with van der Waals surface area (Å²) in [5.41, 5.74) is 8.63. The molecule has 1 aromatic carbocycles. The number of benzene rings is 1. The molecule has 1 aliphatic heterocycles. The van der Waals surface area contributed by atoms with Gasteiger partial charge in [0.05, 0.1) is 5.41 Å². The molecule has 0 radical (unpaired) electrons. The van der Waals surface area contributed by atoms with Crippen molar-refractivity contribution < 1.29 is 4.79 Å². The zero-order valence-corrected chi connectivity index (χ0v) is 12.8. The highest BCUT2D eigenvalue weighted by Crippen LogP contribution is 2.38. The Morgan fingerprint density at radius 2 is 2.09 bits per heavy atom. The average Bonchev–Trinajstić information content (AvgIpc) is 2.99. The lowest BCUT2D eigenvalue weighted by Crippen LogP contribution is -2.26. The molecule has 0 unspecified atom stereocenters. The van der Waals surface area contributed by atoms with E-state index in [9.17, 15) is 4.79 Å². The van der Waals surface area contributed by atoms with E-state index in [1.807, 2.05) is 44.2 Å². The summed E-state index contributed by atoms with van der Waals surface area (Å²) in [5.74, 6) is 0.973. The van der Waals surface area contributed by atoms with Crippen molar-refractivity contribution in [2.24, 2.45) is 0 Å². The summed E-state index contributed by atoms with van der Waals surface area (Å²) in [4.78, 5) is 16.4. The molecule has 1 aliphatic rings. The number of fused-ring (bicyclic) bond motifs is 2. The molecule has 0 bridgehead atoms. The minimum Gasteiger partial charge on any atom is -0.384 e. The molecule has 0 fully saturated rings. The lowest BCUT2D eigenvalue weighted by Gasteiger charge is -2.14. The number of nitrogens with one attached hydrogen (secondary N) is 2. The monoisotopic (exact) mass is 308 g/mol. The number of aromatic nitrogens is 3. The van der Waals surface area contributed by atoms with Gasteiger partial charge in [0.25, 0.3) is 0 Å². The summed E-state index contributed by atoms with van der Waals surface area (Å²) in [5, 5.41) is 10.4. The number of nitrogens with two attached hydrogens (primary N) is 1. The third-order valence-electron chi connectivity index (χ3n) is 4.15. The highest BCUT2D eigenvalue weighted by Gasteiger charge is 2.38. The lowest BCUT2D eigenvalue weighted by atomic mass is 9.86. The topological polar surface area (TPSA) is 97.3 Å². The zero-order valence-electron chi connectivity index (χ0n) is 12.8. The Morgan fingerprint density at radius 3 is 2.87 bits per heavy atom. The van der Waals surface area contributed by atoms with Gasteiger partial charge in [-0.1, -0.05) is 12.1 Å². The summed E-state index contributed by atoms with van der Waals surface area (Å²) in [7, 11) is 0. The normalized spacial score (nSPS) is 15.5. The quantitative estimate of drug-likeness (QED) is 0.675. The molecule has 0 saturated heterocycles. The van der Waals surface area contributed by atoms with Crippen molar-refractivity contribution >= 4 is 34.7 Å². The average molecular weight is 308 g/mol. The fourth-order valence-corrected chi connectivity index (χ4v) is 2.78. The summed E-state index contributed by atoms with van der Waals surface area (Å²) in [6.07, 6.45) is 0. The van der Waals surface area contributed by atoms with Gasteiger partial charge in [0.2, 0.25) is 11.9 Å². The van der Waals surface area contributed by atoms with Gasteiger partial charge in [-0.05, 0) is 43.7 Å². The Bertz CT molecular complexity index is 943. The minimum atomic E-state index is -0.510. The molecule has 0 spiro atoms. The van der Waals surface area contributed by atoms with Gasteiger partial charge in [-0.3, -0.25) is 4.79 Å². The third-order valence-corrected chi connectivity index (χ3v) is 4.15. The van der Waals surface area contributed by atoms with Crippen LogP contribution in [0.4, 0.5) is 23.1 Å². The second-order valence-electron chi connectivity index (χ2n) is 6.12. The van der Waals surface area contributed by atoms with Gasteiger partial charge in [-0.25, -0.2) is 0 Å². The predicted molar refractivity (Wildman–Crippen MR) is 88.8 cm³/mol. The Hall–Kier alpha value is -3.09. The number of anilines is 4. The van der Waals surface area contributed by atoms with Crippen molar-refractivity contribution in [3.63, 3.8) is 0 Å². The molecular weight excluding hydrogens is 292 g/mol. The molecule has 7 nitrogen and oxygen atoms in total. The standard InChI is InChI=1S/C16H16N6O/c1-16(2)10-7-6-9(8-11(10)19-14(16)23)18-15-20-13-5-3-4-12(17)22(13)21-15/h3-8H,17H2,1-2H3,(H,18,21)(H,19,23). The zero-order chi connectivity index (χ0) is 16.2. The molecule has 3 heterocycles. The number of pyridine rings is 1. The Labute approximate surface area is 132 Å². The summed E-state index contributed by atoms with van der Waals surface area (Å²) >= 11 is 0. The largest absolute Gasteiger partial charge is 0.384 e. The first-order chi connectivity index (χ1) is 10.9. The number of hydrogen-bond donors (Lipinski definition) is 3. The number of amides is 1. The van der Waals surface area contributed by atoms with Gasteiger partial charge in [0.1, 0.15) is 5.82 Å². The number of nitrogens with zero attached hydrogens (tertiary/aromatic N) is 3. The maximum atomic E-state index is 12.0. The van der Waals surface area contributed by atoms with Crippen LogP contribution in [0.15, 0.2) is 36.4 Å². The van der Waals surface area contributed by atoms with Crippen LogP contribution in [-0.2, 0) is 10.2 Å². The van der Waals surface area contributed by atoms with Crippen molar-refractivity contribution in [3.8, 4) is 0 Å². The third kappa shape index (κ3) is 2.01. The van der Waals surface area contributed by atoms with E-state index in [1.54, 1.807) is 10.6 Å². The van der Waals surface area contributed by atoms with Crippen LogP contribution in [0.5, 0.6) is 0 Å². The number of carbonyl (C=O) groups is 1. The fourth-order valence-electron chi connectivity index (χ4n) is 2.78. The number of nitrogen functional groups attached to an aromatic ring is 1. The van der Waals surface area contributed by atoms with Crippen LogP contribution in [0.25, 0.3) is 5.65 Å². The first-order valence-electron chi connectivity index (χ1n) is 7.29. The highest BCUT2D eigenvalue weighted by atomic mass is 16.2. The molecule has 1 amide bonds. The van der Waals surface area contributed by atoms with Crippen LogP contribution in [0, 0.1) is 0 Å². The van der Waals surface area contributed by atoms with Gasteiger partial charge in [-0.2, -0.15) is 9.50 Å². The second kappa shape index (κ2) is 4.45. The molecule has 0 saturated carbocycles. The maximum absolute atomic E-state index is 12.0. The summed E-state index contributed by atoms with van der Waals surface area (Å²) in [6.45, 7) is 3.82. The first-order valence-corrected chi connectivity index (χ1v) is 7.29. The van der Waals surface area contributed by atoms with Crippen LogP contribution in [0.1, 0.15) is 19.4 Å². The van der Waals surface area contributed by atoms with Crippen LogP contribution < -0.4 is 16.4 Å². The van der Waals surface area contributed by atoms with E-state index in [1.165, 1.54) is 0 Å². The molecule has 2 aromatic heterocycles. The molecule has 0 atom stereocenters. The number of hydrogen-bond acceptors (Lipinski definition) is 5. The molecule has 23 heavy (non-hydrogen) atoms. The summed E-state index contributed by atoms with van der Waals surface area (Å²) in [6, 6.07) is 11.2. The van der Waals surface area contributed by atoms with E-state index in [4.69, 9.17) is 5.73 Å². The molecule has 4 rings (SSSR count). The number of rotatable bonds is 2. The van der Waals surface area contributed by atoms with Crippen molar-refractivity contribution in [2.75, 3.05) is 16.4 Å². The van der Waals surface area contributed by atoms with E-state index in [0.29, 0.717) is 17.4 Å². The van der Waals surface area contributed by atoms with Crippen LogP contribution in [-0.4, -0.2) is 20.5 Å². The fraction of sp³-hybridized carbons (Fsp3) is 0.188. The van der Waals surface area contributed by atoms with E-state index in [-0.39, 0.29) is 5.91 Å². The Balaban J connectivity index is 1.68. The molecule has 116 valence electrons. The molecule has 4 N–H and O–H groups in total. The van der Waals surface area contributed by atoms with Crippen LogP contribution >= 0.6 is 0 Å². The van der Waals surface area contributed by atoms with Crippen molar-refractivity contribution in [3.05, 3.63) is 42.0 Å². The van der Waals surface area contributed by atoms with Crippen molar-refractivity contribution in [2.45, 2.75) is 19.3 Å². The maximum Gasteiger partial charge on any atom is 0.247 e. The van der Waals surface area contributed by atoms with Gasteiger partial charge >= 0.3 is 0 Å². The van der Waals surface area contributed by atoms with E-state index >= 15 is 0 Å². The van der Waals surface area contributed by atoms with Crippen LogP contribution in [0.3, 0.4) is 0 Å². The first kappa shape index (κ1) is 13.6. The molecular formula is C16H16N6O. The van der Waals surface area contributed by atoms with Crippen molar-refractivity contribution in [1.82, 2.24) is 14.6 Å². The van der Waals surface area contributed by atoms with E-state index in [0.717, 1.165) is 16.9 Å². The Kier molecular flexibility index (Phi) is 2.63. The number of carbonyl (C=O) groups excluding carboxylic acids is 1. The highest BCUT2D eigenvalue weighted by molar-refractivity contribution is 6.06. The molecule has 3 aromatic rings.